The highest BCUT2D eigenvalue weighted by Gasteiger charge is 2.19. The summed E-state index contributed by atoms with van der Waals surface area (Å²) in [4.78, 5) is 24.2. The fourth-order valence-electron chi connectivity index (χ4n) is 3.12. The predicted octanol–water partition coefficient (Wildman–Crippen LogP) is 5.74. The Morgan fingerprint density at radius 3 is 2.42 bits per heavy atom. The second-order valence-corrected chi connectivity index (χ2v) is 9.12. The van der Waals surface area contributed by atoms with E-state index in [2.05, 4.69) is 5.32 Å². The molecule has 1 N–H and O–H groups in total. The number of ether oxygens (including phenoxy) is 3. The second kappa shape index (κ2) is 12.2. The van der Waals surface area contributed by atoms with Crippen LogP contribution in [0.1, 0.15) is 64.5 Å². The Hall–Kier alpha value is -3.09. The van der Waals surface area contributed by atoms with E-state index < -0.39 is 17.5 Å². The molecule has 0 spiro atoms. The highest BCUT2D eigenvalue weighted by atomic mass is 19.1. The van der Waals surface area contributed by atoms with E-state index in [-0.39, 0.29) is 31.0 Å². The van der Waals surface area contributed by atoms with E-state index in [0.717, 1.165) is 5.56 Å². The molecule has 0 aromatic heterocycles. The van der Waals surface area contributed by atoms with Crippen molar-refractivity contribution in [1.29, 1.82) is 0 Å². The maximum Gasteiger partial charge on any atom is 0.407 e. The van der Waals surface area contributed by atoms with Crippen molar-refractivity contribution >= 4 is 12.1 Å². The zero-order valence-corrected chi connectivity index (χ0v) is 20.0. The Labute approximate surface area is 195 Å². The first-order valence-electron chi connectivity index (χ1n) is 11.1. The Balaban J connectivity index is 1.88. The number of esters is 1. The van der Waals surface area contributed by atoms with Gasteiger partial charge in [-0.25, -0.2) is 9.18 Å². The SMILES string of the molecule is C[C@H](CCOc1ccc(F)cc1[C@@H](C)CC(=O)OCc1ccccc1)NC(=O)OC(C)(C)C. The molecule has 33 heavy (non-hydrogen) atoms. The standard InChI is InChI=1S/C26H34FNO5/c1-18(15-24(29)32-17-20-9-7-6-8-10-20)22-16-21(27)11-12-23(22)31-14-13-19(2)28-25(30)33-26(3,4)5/h6-12,16,18-19H,13-15,17H2,1-5H3,(H,28,30)/t18-,19+/m0/s1. The first-order valence-corrected chi connectivity index (χ1v) is 11.1. The third-order valence-corrected chi connectivity index (χ3v) is 4.79. The summed E-state index contributed by atoms with van der Waals surface area (Å²) < 4.78 is 30.4. The Morgan fingerprint density at radius 1 is 1.06 bits per heavy atom. The van der Waals surface area contributed by atoms with Crippen molar-refractivity contribution in [3.8, 4) is 5.75 Å². The first-order chi connectivity index (χ1) is 15.5. The van der Waals surface area contributed by atoms with Crippen LogP contribution in [0.2, 0.25) is 0 Å². The minimum absolute atomic E-state index is 0.100. The minimum atomic E-state index is -0.568. The molecule has 0 radical (unpaired) electrons. The third kappa shape index (κ3) is 9.93. The van der Waals surface area contributed by atoms with Gasteiger partial charge < -0.3 is 19.5 Å². The molecule has 0 saturated carbocycles. The van der Waals surface area contributed by atoms with Crippen molar-refractivity contribution < 1.29 is 28.2 Å². The van der Waals surface area contributed by atoms with Crippen molar-refractivity contribution in [2.75, 3.05) is 6.61 Å². The fraction of sp³-hybridized carbons (Fsp3) is 0.462. The summed E-state index contributed by atoms with van der Waals surface area (Å²) in [7, 11) is 0. The van der Waals surface area contributed by atoms with Crippen LogP contribution in [0.25, 0.3) is 0 Å². The molecule has 0 heterocycles. The maximum absolute atomic E-state index is 13.9. The molecule has 0 bridgehead atoms. The summed E-state index contributed by atoms with van der Waals surface area (Å²) in [5.41, 5.74) is 0.934. The van der Waals surface area contributed by atoms with Crippen molar-refractivity contribution in [2.45, 2.75) is 71.6 Å². The average molecular weight is 460 g/mol. The van der Waals surface area contributed by atoms with Crippen LogP contribution in [0.3, 0.4) is 0 Å². The van der Waals surface area contributed by atoms with E-state index in [4.69, 9.17) is 14.2 Å². The van der Waals surface area contributed by atoms with Gasteiger partial charge in [0.25, 0.3) is 0 Å². The van der Waals surface area contributed by atoms with Crippen LogP contribution in [0.5, 0.6) is 5.75 Å². The van der Waals surface area contributed by atoms with E-state index in [1.807, 2.05) is 44.2 Å². The van der Waals surface area contributed by atoms with E-state index in [0.29, 0.717) is 24.3 Å². The molecule has 2 rings (SSSR count). The fourth-order valence-corrected chi connectivity index (χ4v) is 3.12. The number of halogens is 1. The number of carbonyl (C=O) groups is 2. The number of hydrogen-bond donors (Lipinski definition) is 1. The van der Waals surface area contributed by atoms with Crippen LogP contribution >= 0.6 is 0 Å². The van der Waals surface area contributed by atoms with Crippen LogP contribution in [-0.4, -0.2) is 30.3 Å². The second-order valence-electron chi connectivity index (χ2n) is 9.12. The van der Waals surface area contributed by atoms with Gasteiger partial charge in [-0.05, 0) is 57.4 Å². The lowest BCUT2D eigenvalue weighted by molar-refractivity contribution is -0.145. The topological polar surface area (TPSA) is 73.9 Å². The lowest BCUT2D eigenvalue weighted by Gasteiger charge is -2.22. The Morgan fingerprint density at radius 2 is 1.76 bits per heavy atom. The van der Waals surface area contributed by atoms with Crippen LogP contribution in [0.4, 0.5) is 9.18 Å². The van der Waals surface area contributed by atoms with Crippen molar-refractivity contribution in [3.63, 3.8) is 0 Å². The molecular formula is C26H34FNO5. The summed E-state index contributed by atoms with van der Waals surface area (Å²) >= 11 is 0. The summed E-state index contributed by atoms with van der Waals surface area (Å²) in [6, 6.07) is 13.5. The summed E-state index contributed by atoms with van der Waals surface area (Å²) in [5.74, 6) is -0.556. The number of alkyl carbamates (subject to hydrolysis) is 1. The molecule has 6 nitrogen and oxygen atoms in total. The highest BCUT2D eigenvalue weighted by Crippen LogP contribution is 2.30. The van der Waals surface area contributed by atoms with Gasteiger partial charge in [-0.15, -0.1) is 0 Å². The zero-order valence-electron chi connectivity index (χ0n) is 20.0. The summed E-state index contributed by atoms with van der Waals surface area (Å²) in [5, 5.41) is 2.76. The zero-order chi connectivity index (χ0) is 24.4. The molecule has 2 aromatic carbocycles. The number of amides is 1. The Kier molecular flexibility index (Phi) is 9.70. The van der Waals surface area contributed by atoms with Crippen LogP contribution < -0.4 is 10.1 Å². The number of benzene rings is 2. The molecule has 0 aliphatic carbocycles. The molecule has 180 valence electrons. The average Bonchev–Trinajstić information content (AvgIpc) is 2.72. The number of rotatable bonds is 10. The predicted molar refractivity (Wildman–Crippen MR) is 125 cm³/mol. The van der Waals surface area contributed by atoms with Gasteiger partial charge in [0.2, 0.25) is 0 Å². The molecule has 0 unspecified atom stereocenters. The molecule has 0 fully saturated rings. The van der Waals surface area contributed by atoms with Gasteiger partial charge in [-0.2, -0.15) is 0 Å². The normalized spacial score (nSPS) is 13.0. The molecule has 1 amide bonds. The number of hydrogen-bond acceptors (Lipinski definition) is 5. The molecule has 7 heteroatoms. The van der Waals surface area contributed by atoms with Crippen LogP contribution in [0.15, 0.2) is 48.5 Å². The number of carbonyl (C=O) groups excluding carboxylic acids is 2. The van der Waals surface area contributed by atoms with Crippen LogP contribution in [-0.2, 0) is 20.9 Å². The molecule has 0 saturated heterocycles. The van der Waals surface area contributed by atoms with Crippen molar-refractivity contribution in [2.24, 2.45) is 0 Å². The summed E-state index contributed by atoms with van der Waals surface area (Å²) in [6.07, 6.45) is 0.146. The van der Waals surface area contributed by atoms with Gasteiger partial charge in [0.1, 0.15) is 23.8 Å². The molecule has 0 aliphatic rings. The van der Waals surface area contributed by atoms with Gasteiger partial charge in [-0.1, -0.05) is 37.3 Å². The van der Waals surface area contributed by atoms with E-state index >= 15 is 0 Å². The van der Waals surface area contributed by atoms with Gasteiger partial charge in [0.05, 0.1) is 13.0 Å². The lowest BCUT2D eigenvalue weighted by Crippen LogP contribution is -2.38. The molecule has 2 atom stereocenters. The smallest absolute Gasteiger partial charge is 0.407 e. The monoisotopic (exact) mass is 459 g/mol. The van der Waals surface area contributed by atoms with Crippen molar-refractivity contribution in [1.82, 2.24) is 5.32 Å². The van der Waals surface area contributed by atoms with Gasteiger partial charge in [-0.3, -0.25) is 4.79 Å². The third-order valence-electron chi connectivity index (χ3n) is 4.79. The quantitative estimate of drug-likeness (QED) is 0.458. The Bertz CT molecular complexity index is 911. The highest BCUT2D eigenvalue weighted by molar-refractivity contribution is 5.70. The van der Waals surface area contributed by atoms with Gasteiger partial charge in [0, 0.05) is 18.0 Å². The molecule has 2 aromatic rings. The van der Waals surface area contributed by atoms with E-state index in [9.17, 15) is 14.0 Å². The van der Waals surface area contributed by atoms with Gasteiger partial charge in [0.15, 0.2) is 0 Å². The van der Waals surface area contributed by atoms with E-state index in [1.165, 1.54) is 12.1 Å². The van der Waals surface area contributed by atoms with Crippen molar-refractivity contribution in [3.05, 3.63) is 65.5 Å². The molecule has 0 aliphatic heterocycles. The molecular weight excluding hydrogens is 425 g/mol. The van der Waals surface area contributed by atoms with Gasteiger partial charge >= 0.3 is 12.1 Å². The first kappa shape index (κ1) is 26.2. The summed E-state index contributed by atoms with van der Waals surface area (Å²) in [6.45, 7) is 9.59. The van der Waals surface area contributed by atoms with Crippen LogP contribution in [0, 0.1) is 5.82 Å². The maximum atomic E-state index is 13.9. The minimum Gasteiger partial charge on any atom is -0.493 e. The number of nitrogens with one attached hydrogen (secondary N) is 1. The van der Waals surface area contributed by atoms with E-state index in [1.54, 1.807) is 26.8 Å². The largest absolute Gasteiger partial charge is 0.493 e. The lowest BCUT2D eigenvalue weighted by atomic mass is 9.96.